The van der Waals surface area contributed by atoms with Crippen molar-refractivity contribution in [1.29, 1.82) is 0 Å². The molecule has 0 saturated carbocycles. The molecule has 0 radical (unpaired) electrons. The van der Waals surface area contributed by atoms with Gasteiger partial charge in [0.05, 0.1) is 18.5 Å². The summed E-state index contributed by atoms with van der Waals surface area (Å²) in [6.07, 6.45) is 1.40. The monoisotopic (exact) mass is 442 g/mol. The second-order valence-electron chi connectivity index (χ2n) is 7.42. The Hall–Kier alpha value is -3.20. The van der Waals surface area contributed by atoms with Crippen LogP contribution in [0.15, 0.2) is 53.1 Å². The Morgan fingerprint density at radius 1 is 1.13 bits per heavy atom. The zero-order valence-electron chi connectivity index (χ0n) is 18.0. The lowest BCUT2D eigenvalue weighted by Gasteiger charge is -2.30. The SMILES string of the molecule is CC[C@H](C(=O)NCc1nc(-c2ccccc2)no1)N(c1cc(C)cc(C)c1)S(C)(=O)=O. The van der Waals surface area contributed by atoms with E-state index in [9.17, 15) is 13.2 Å². The van der Waals surface area contributed by atoms with Crippen molar-refractivity contribution in [1.82, 2.24) is 15.5 Å². The molecule has 0 aliphatic carbocycles. The van der Waals surface area contributed by atoms with E-state index >= 15 is 0 Å². The van der Waals surface area contributed by atoms with Gasteiger partial charge in [-0.05, 0) is 43.5 Å². The molecule has 0 aliphatic heterocycles. The van der Waals surface area contributed by atoms with Gasteiger partial charge in [-0.15, -0.1) is 0 Å². The van der Waals surface area contributed by atoms with Gasteiger partial charge in [-0.25, -0.2) is 8.42 Å². The molecule has 0 bridgehead atoms. The van der Waals surface area contributed by atoms with Crippen LogP contribution in [0.3, 0.4) is 0 Å². The number of carbonyl (C=O) groups excluding carboxylic acids is 1. The molecule has 0 fully saturated rings. The average Bonchev–Trinajstić information content (AvgIpc) is 3.18. The lowest BCUT2D eigenvalue weighted by Crippen LogP contribution is -2.49. The number of aromatic nitrogens is 2. The first-order valence-electron chi connectivity index (χ1n) is 9.92. The summed E-state index contributed by atoms with van der Waals surface area (Å²) in [4.78, 5) is 17.2. The Labute approximate surface area is 182 Å². The van der Waals surface area contributed by atoms with Crippen molar-refractivity contribution in [2.24, 2.45) is 0 Å². The van der Waals surface area contributed by atoms with Gasteiger partial charge in [0.1, 0.15) is 6.04 Å². The zero-order chi connectivity index (χ0) is 22.6. The molecule has 2 aromatic carbocycles. The highest BCUT2D eigenvalue weighted by molar-refractivity contribution is 7.92. The summed E-state index contributed by atoms with van der Waals surface area (Å²) in [5.41, 5.74) is 3.09. The van der Waals surface area contributed by atoms with E-state index in [1.54, 1.807) is 19.1 Å². The Balaban J connectivity index is 1.79. The van der Waals surface area contributed by atoms with E-state index in [0.717, 1.165) is 22.9 Å². The van der Waals surface area contributed by atoms with Gasteiger partial charge in [-0.2, -0.15) is 4.98 Å². The molecule has 3 aromatic rings. The molecular weight excluding hydrogens is 416 g/mol. The van der Waals surface area contributed by atoms with E-state index in [-0.39, 0.29) is 12.4 Å². The number of benzene rings is 2. The van der Waals surface area contributed by atoms with Crippen molar-refractivity contribution in [3.8, 4) is 11.4 Å². The van der Waals surface area contributed by atoms with Crippen LogP contribution in [0, 0.1) is 13.8 Å². The first-order valence-corrected chi connectivity index (χ1v) is 11.8. The maximum Gasteiger partial charge on any atom is 0.246 e. The molecule has 1 amide bonds. The van der Waals surface area contributed by atoms with Crippen molar-refractivity contribution in [3.05, 3.63) is 65.5 Å². The molecule has 0 unspecified atom stereocenters. The number of nitrogens with zero attached hydrogens (tertiary/aromatic N) is 3. The third-order valence-corrected chi connectivity index (χ3v) is 5.88. The van der Waals surface area contributed by atoms with Gasteiger partial charge in [-0.3, -0.25) is 9.10 Å². The van der Waals surface area contributed by atoms with Crippen LogP contribution in [0.25, 0.3) is 11.4 Å². The molecule has 0 spiro atoms. The molecule has 9 heteroatoms. The number of hydrogen-bond acceptors (Lipinski definition) is 6. The van der Waals surface area contributed by atoms with Crippen molar-refractivity contribution in [2.45, 2.75) is 39.8 Å². The summed E-state index contributed by atoms with van der Waals surface area (Å²) in [5.74, 6) is 0.218. The van der Waals surface area contributed by atoms with Crippen LogP contribution < -0.4 is 9.62 Å². The highest BCUT2D eigenvalue weighted by atomic mass is 32.2. The minimum absolute atomic E-state index is 0.000383. The first-order chi connectivity index (χ1) is 14.7. The maximum atomic E-state index is 12.9. The van der Waals surface area contributed by atoms with Crippen molar-refractivity contribution in [3.63, 3.8) is 0 Å². The third-order valence-electron chi connectivity index (χ3n) is 4.70. The molecule has 0 saturated heterocycles. The van der Waals surface area contributed by atoms with Crippen LogP contribution in [-0.2, 0) is 21.4 Å². The van der Waals surface area contributed by atoms with E-state index in [4.69, 9.17) is 4.52 Å². The molecule has 0 aliphatic rings. The predicted octanol–water partition coefficient (Wildman–Crippen LogP) is 3.21. The van der Waals surface area contributed by atoms with Gasteiger partial charge in [0.2, 0.25) is 27.6 Å². The van der Waals surface area contributed by atoms with E-state index < -0.39 is 22.0 Å². The standard InChI is InChI=1S/C22H26N4O4S/c1-5-19(26(31(4,28)29)18-12-15(2)11-16(3)13-18)22(27)23-14-20-24-21(25-30-20)17-9-7-6-8-10-17/h6-13,19H,5,14H2,1-4H3,(H,23,27)/t19-/m1/s1. The second-order valence-corrected chi connectivity index (χ2v) is 9.28. The lowest BCUT2D eigenvalue weighted by atomic mass is 10.1. The largest absolute Gasteiger partial charge is 0.345 e. The number of amides is 1. The lowest BCUT2D eigenvalue weighted by molar-refractivity contribution is -0.122. The number of aryl methyl sites for hydroxylation is 2. The fourth-order valence-corrected chi connectivity index (χ4v) is 4.65. The fourth-order valence-electron chi connectivity index (χ4n) is 3.45. The molecule has 1 aromatic heterocycles. The van der Waals surface area contributed by atoms with Crippen LogP contribution in [0.5, 0.6) is 0 Å². The number of hydrogen-bond donors (Lipinski definition) is 1. The Bertz CT molecular complexity index is 1140. The summed E-state index contributed by atoms with van der Waals surface area (Å²) in [6, 6.07) is 13.9. The molecule has 1 atom stereocenters. The highest BCUT2D eigenvalue weighted by Crippen LogP contribution is 2.25. The third kappa shape index (κ3) is 5.49. The zero-order valence-corrected chi connectivity index (χ0v) is 18.8. The topological polar surface area (TPSA) is 105 Å². The van der Waals surface area contributed by atoms with Gasteiger partial charge in [0.15, 0.2) is 0 Å². The van der Waals surface area contributed by atoms with E-state index in [0.29, 0.717) is 17.9 Å². The molecule has 8 nitrogen and oxygen atoms in total. The van der Waals surface area contributed by atoms with Gasteiger partial charge in [0, 0.05) is 5.56 Å². The summed E-state index contributed by atoms with van der Waals surface area (Å²) in [6.45, 7) is 5.54. The van der Waals surface area contributed by atoms with Crippen LogP contribution in [0.4, 0.5) is 5.69 Å². The molecule has 1 heterocycles. The van der Waals surface area contributed by atoms with E-state index in [1.165, 1.54) is 4.31 Å². The smallest absolute Gasteiger partial charge is 0.246 e. The minimum atomic E-state index is -3.70. The average molecular weight is 443 g/mol. The molecule has 1 N–H and O–H groups in total. The van der Waals surface area contributed by atoms with Crippen molar-refractivity contribution in [2.75, 3.05) is 10.6 Å². The Morgan fingerprint density at radius 2 is 1.77 bits per heavy atom. The first kappa shape index (κ1) is 22.5. The second kappa shape index (κ2) is 9.30. The number of rotatable bonds is 8. The van der Waals surface area contributed by atoms with E-state index in [1.807, 2.05) is 50.2 Å². The molecule has 3 rings (SSSR count). The van der Waals surface area contributed by atoms with Crippen LogP contribution in [0.1, 0.15) is 30.4 Å². The van der Waals surface area contributed by atoms with Crippen LogP contribution >= 0.6 is 0 Å². The maximum absolute atomic E-state index is 12.9. The highest BCUT2D eigenvalue weighted by Gasteiger charge is 2.31. The normalized spacial score (nSPS) is 12.4. The predicted molar refractivity (Wildman–Crippen MR) is 119 cm³/mol. The van der Waals surface area contributed by atoms with Gasteiger partial charge in [-0.1, -0.05) is 48.5 Å². The summed E-state index contributed by atoms with van der Waals surface area (Å²) in [5, 5.41) is 6.65. The Morgan fingerprint density at radius 3 is 2.35 bits per heavy atom. The van der Waals surface area contributed by atoms with Crippen LogP contribution in [-0.4, -0.2) is 36.8 Å². The minimum Gasteiger partial charge on any atom is -0.345 e. The van der Waals surface area contributed by atoms with Gasteiger partial charge in [0.25, 0.3) is 0 Å². The number of carbonyl (C=O) groups is 1. The Kier molecular flexibility index (Phi) is 6.74. The van der Waals surface area contributed by atoms with Gasteiger partial charge >= 0.3 is 0 Å². The molecular formula is C22H26N4O4S. The quantitative estimate of drug-likeness (QED) is 0.574. The molecule has 31 heavy (non-hydrogen) atoms. The van der Waals surface area contributed by atoms with Crippen molar-refractivity contribution >= 4 is 21.6 Å². The van der Waals surface area contributed by atoms with Crippen LogP contribution in [0.2, 0.25) is 0 Å². The summed E-state index contributed by atoms with van der Waals surface area (Å²) < 4.78 is 31.6. The van der Waals surface area contributed by atoms with Crippen molar-refractivity contribution < 1.29 is 17.7 Å². The number of nitrogens with one attached hydrogen (secondary N) is 1. The van der Waals surface area contributed by atoms with Gasteiger partial charge < -0.3 is 9.84 Å². The summed E-state index contributed by atoms with van der Waals surface area (Å²) in [7, 11) is -3.70. The summed E-state index contributed by atoms with van der Waals surface area (Å²) >= 11 is 0. The number of sulfonamides is 1. The fraction of sp³-hybridized carbons (Fsp3) is 0.318. The number of anilines is 1. The molecule has 164 valence electrons. The van der Waals surface area contributed by atoms with E-state index in [2.05, 4.69) is 15.5 Å².